The second-order valence-corrected chi connectivity index (χ2v) is 11.0. The predicted molar refractivity (Wildman–Crippen MR) is 183 cm³/mol. The molecular formula is C34H33Cl2N5O4. The Bertz CT molecular complexity index is 1840. The lowest BCUT2D eigenvalue weighted by Gasteiger charge is -2.22. The molecule has 5 rings (SSSR count). The molecule has 232 valence electrons. The van der Waals surface area contributed by atoms with Crippen LogP contribution in [0.25, 0.3) is 21.8 Å². The summed E-state index contributed by atoms with van der Waals surface area (Å²) in [6, 6.07) is 24.0. The third kappa shape index (κ3) is 7.16. The molecule has 0 saturated heterocycles. The SMILES string of the molecule is CNC(=O)c1cccc2c(Nc3cc(C)cc(NC(=O)Oc4ccc(N(CCCl)CCCl)cc4)c3)c3cccc(OC)c3nc12. The second-order valence-electron chi connectivity index (χ2n) is 10.2. The third-order valence-corrected chi connectivity index (χ3v) is 7.54. The standard InChI is InChI=1S/C34H33Cl2N5O4/c1-21-18-22(20-23(19-21)39-34(43)45-25-12-10-24(11-13-25)41(16-14-35)17-15-36)38-30-26-6-4-8-28(33(42)37-2)31(26)40-32-27(30)7-5-9-29(32)44-3/h4-13,18-20H,14-17H2,1-3H3,(H,37,42)(H,38,40)(H,39,43). The normalized spacial score (nSPS) is 10.9. The molecule has 0 unspecified atom stereocenters. The van der Waals surface area contributed by atoms with E-state index in [4.69, 9.17) is 37.7 Å². The minimum Gasteiger partial charge on any atom is -0.494 e. The zero-order valence-electron chi connectivity index (χ0n) is 25.1. The number of hydrogen-bond donors (Lipinski definition) is 3. The van der Waals surface area contributed by atoms with Gasteiger partial charge in [-0.15, -0.1) is 23.2 Å². The van der Waals surface area contributed by atoms with Gasteiger partial charge in [-0.05, 0) is 67.1 Å². The molecule has 0 aliphatic heterocycles. The highest BCUT2D eigenvalue weighted by Crippen LogP contribution is 2.38. The molecule has 0 atom stereocenters. The Kier molecular flexibility index (Phi) is 10.1. The minimum absolute atomic E-state index is 0.244. The number of benzene rings is 4. The van der Waals surface area contributed by atoms with Gasteiger partial charge < -0.3 is 25.0 Å². The zero-order valence-corrected chi connectivity index (χ0v) is 26.6. The first-order valence-corrected chi connectivity index (χ1v) is 15.4. The van der Waals surface area contributed by atoms with E-state index < -0.39 is 6.09 Å². The van der Waals surface area contributed by atoms with E-state index in [1.807, 2.05) is 67.6 Å². The molecule has 0 radical (unpaired) electrons. The van der Waals surface area contributed by atoms with Crippen molar-refractivity contribution in [2.75, 3.05) is 54.5 Å². The summed E-state index contributed by atoms with van der Waals surface area (Å²) in [5, 5.41) is 10.6. The molecule has 0 saturated carbocycles. The Morgan fingerprint density at radius 3 is 2.20 bits per heavy atom. The summed E-state index contributed by atoms with van der Waals surface area (Å²) >= 11 is 11.8. The Balaban J connectivity index is 1.43. The maximum Gasteiger partial charge on any atom is 0.417 e. The van der Waals surface area contributed by atoms with Crippen molar-refractivity contribution in [1.29, 1.82) is 0 Å². The fourth-order valence-corrected chi connectivity index (χ4v) is 5.61. The van der Waals surface area contributed by atoms with Gasteiger partial charge in [-0.25, -0.2) is 9.78 Å². The fraction of sp³-hybridized carbons (Fsp3) is 0.206. The van der Waals surface area contributed by atoms with Crippen LogP contribution in [0.1, 0.15) is 15.9 Å². The van der Waals surface area contributed by atoms with Gasteiger partial charge in [0.05, 0.1) is 23.9 Å². The topological polar surface area (TPSA) is 105 Å². The second kappa shape index (κ2) is 14.4. The maximum absolute atomic E-state index is 12.9. The van der Waals surface area contributed by atoms with E-state index in [1.165, 1.54) is 0 Å². The number of aryl methyl sites for hydroxylation is 1. The number of amides is 2. The molecule has 45 heavy (non-hydrogen) atoms. The van der Waals surface area contributed by atoms with Gasteiger partial charge in [-0.3, -0.25) is 10.1 Å². The number of aromatic nitrogens is 1. The van der Waals surface area contributed by atoms with Crippen molar-refractivity contribution in [3.63, 3.8) is 0 Å². The first kappa shape index (κ1) is 31.7. The molecule has 0 aliphatic rings. The van der Waals surface area contributed by atoms with Crippen LogP contribution in [-0.2, 0) is 0 Å². The number of anilines is 4. The molecule has 1 heterocycles. The average molecular weight is 647 g/mol. The number of methoxy groups -OCH3 is 1. The molecule has 0 fully saturated rings. The van der Waals surface area contributed by atoms with Gasteiger partial charge in [0.2, 0.25) is 0 Å². The molecule has 0 spiro atoms. The monoisotopic (exact) mass is 645 g/mol. The maximum atomic E-state index is 12.9. The van der Waals surface area contributed by atoms with Gasteiger partial charge in [-0.2, -0.15) is 0 Å². The lowest BCUT2D eigenvalue weighted by Crippen LogP contribution is -2.27. The zero-order chi connectivity index (χ0) is 31.9. The molecule has 9 nitrogen and oxygen atoms in total. The molecule has 1 aromatic heterocycles. The smallest absolute Gasteiger partial charge is 0.417 e. The van der Waals surface area contributed by atoms with Crippen molar-refractivity contribution in [2.24, 2.45) is 0 Å². The van der Waals surface area contributed by atoms with Crippen LogP contribution in [0.2, 0.25) is 0 Å². The molecule has 0 bridgehead atoms. The summed E-state index contributed by atoms with van der Waals surface area (Å²) in [5.41, 5.74) is 5.44. The number of fused-ring (bicyclic) bond motifs is 2. The number of para-hydroxylation sites is 2. The van der Waals surface area contributed by atoms with Crippen molar-refractivity contribution >= 4 is 79.8 Å². The van der Waals surface area contributed by atoms with Gasteiger partial charge in [0.15, 0.2) is 0 Å². The number of halogens is 2. The lowest BCUT2D eigenvalue weighted by atomic mass is 10.0. The van der Waals surface area contributed by atoms with E-state index in [2.05, 4.69) is 20.9 Å². The van der Waals surface area contributed by atoms with Crippen LogP contribution in [0.5, 0.6) is 11.5 Å². The highest BCUT2D eigenvalue weighted by Gasteiger charge is 2.18. The molecule has 5 aromatic rings. The van der Waals surface area contributed by atoms with Crippen LogP contribution in [0.3, 0.4) is 0 Å². The molecule has 0 aliphatic carbocycles. The summed E-state index contributed by atoms with van der Waals surface area (Å²) in [4.78, 5) is 32.5. The van der Waals surface area contributed by atoms with Crippen molar-refractivity contribution < 1.29 is 19.1 Å². The quantitative estimate of drug-likeness (QED) is 0.0998. The summed E-state index contributed by atoms with van der Waals surface area (Å²) < 4.78 is 11.2. The highest BCUT2D eigenvalue weighted by atomic mass is 35.5. The number of carbonyl (C=O) groups is 2. The van der Waals surface area contributed by atoms with E-state index in [9.17, 15) is 9.59 Å². The lowest BCUT2D eigenvalue weighted by molar-refractivity contribution is 0.0964. The summed E-state index contributed by atoms with van der Waals surface area (Å²) in [6.07, 6.45) is -0.627. The molecule has 11 heteroatoms. The van der Waals surface area contributed by atoms with E-state index in [-0.39, 0.29) is 5.91 Å². The number of nitrogens with one attached hydrogen (secondary N) is 3. The Labute approximate surface area is 271 Å². The predicted octanol–water partition coefficient (Wildman–Crippen LogP) is 7.70. The van der Waals surface area contributed by atoms with Gasteiger partial charge in [0.25, 0.3) is 5.91 Å². The van der Waals surface area contributed by atoms with Gasteiger partial charge in [0.1, 0.15) is 17.0 Å². The van der Waals surface area contributed by atoms with Crippen LogP contribution in [0.15, 0.2) is 78.9 Å². The number of rotatable bonds is 11. The Hall–Kier alpha value is -4.73. The average Bonchev–Trinajstić information content (AvgIpc) is 3.03. The minimum atomic E-state index is -0.627. The van der Waals surface area contributed by atoms with Crippen LogP contribution < -0.4 is 30.3 Å². The first-order chi connectivity index (χ1) is 21.8. The number of nitrogens with zero attached hydrogens (tertiary/aromatic N) is 2. The molecule has 4 aromatic carbocycles. The van der Waals surface area contributed by atoms with Crippen LogP contribution in [0, 0.1) is 6.92 Å². The fourth-order valence-electron chi connectivity index (χ4n) is 5.20. The van der Waals surface area contributed by atoms with E-state index in [0.717, 1.165) is 33.4 Å². The van der Waals surface area contributed by atoms with E-state index >= 15 is 0 Å². The number of carbonyl (C=O) groups excluding carboxylic acids is 2. The number of ether oxygens (including phenoxy) is 2. The number of hydrogen-bond acceptors (Lipinski definition) is 7. The Morgan fingerprint density at radius 2 is 1.53 bits per heavy atom. The van der Waals surface area contributed by atoms with Crippen molar-refractivity contribution in [1.82, 2.24) is 10.3 Å². The Morgan fingerprint density at radius 1 is 0.867 bits per heavy atom. The summed E-state index contributed by atoms with van der Waals surface area (Å²) in [6.45, 7) is 3.25. The summed E-state index contributed by atoms with van der Waals surface area (Å²) in [7, 11) is 3.17. The van der Waals surface area contributed by atoms with Crippen LogP contribution in [0.4, 0.5) is 27.5 Å². The molecule has 3 N–H and O–H groups in total. The van der Waals surface area contributed by atoms with Crippen molar-refractivity contribution in [3.8, 4) is 11.5 Å². The van der Waals surface area contributed by atoms with Gasteiger partial charge in [-0.1, -0.05) is 24.3 Å². The van der Waals surface area contributed by atoms with Crippen molar-refractivity contribution in [2.45, 2.75) is 6.92 Å². The van der Waals surface area contributed by atoms with Crippen molar-refractivity contribution in [3.05, 3.63) is 90.0 Å². The van der Waals surface area contributed by atoms with E-state index in [0.29, 0.717) is 58.6 Å². The highest BCUT2D eigenvalue weighted by molar-refractivity contribution is 6.19. The van der Waals surface area contributed by atoms with Gasteiger partial charge in [0, 0.05) is 59.7 Å². The van der Waals surface area contributed by atoms with E-state index in [1.54, 1.807) is 32.4 Å². The third-order valence-electron chi connectivity index (χ3n) is 7.20. The summed E-state index contributed by atoms with van der Waals surface area (Å²) in [5.74, 6) is 1.69. The molecule has 2 amide bonds. The number of pyridine rings is 1. The van der Waals surface area contributed by atoms with Gasteiger partial charge >= 0.3 is 6.09 Å². The van der Waals surface area contributed by atoms with Crippen LogP contribution >= 0.6 is 23.2 Å². The largest absolute Gasteiger partial charge is 0.494 e. The first-order valence-electron chi connectivity index (χ1n) is 14.3. The van der Waals surface area contributed by atoms with Crippen LogP contribution in [-0.4, -0.2) is 56.0 Å². The molecular weight excluding hydrogens is 613 g/mol. The number of alkyl halides is 2.